The van der Waals surface area contributed by atoms with Crippen LogP contribution in [-0.2, 0) is 54.6 Å². The summed E-state index contributed by atoms with van der Waals surface area (Å²) in [6, 6.07) is 12.8. The van der Waals surface area contributed by atoms with Gasteiger partial charge >= 0.3 is 11.9 Å². The molecule has 6 bridgehead atoms. The number of piperidine rings is 3. The molecule has 3 aromatic carbocycles. The summed E-state index contributed by atoms with van der Waals surface area (Å²) in [6.07, 6.45) is 13.7. The number of aliphatic hydroxyl groups is 1. The standard InChI is InChI=1S/C21H23NO5.2C17H19NO3/c1-11(23)25-16-6-4-13-10-15-14-5-7-17(26-12(2)24)20-21(14,8-9-22(15)3)18(13)19(16)27-20;2*1-18-7-6-17-10-3-5-13(20)16(17)21-15-12(19)4-2-9(14(15)17)8-11(10)18/h4-7,14-15,17,20H,8-10H2,1-3H3;2,4,10-11,16,19H,3,5-8H2,1H3;2-5,10-11,13,16,19-20H,6-8H2,1H3/t14-,15+,17-,20-,21-;10-,11+,16-,17-;10-,11+,13-,16-,17-/m000/s1. The second-order valence-electron chi connectivity index (χ2n) is 22.1. The molecule has 6 aliphatic carbocycles. The maximum atomic E-state index is 12.5. The van der Waals surface area contributed by atoms with E-state index in [1.807, 2.05) is 30.4 Å². The third-order valence-corrected chi connectivity index (χ3v) is 19.2. The molecule has 14 heteroatoms. The number of hydrogen-bond donors (Lipinski definition) is 3. The highest BCUT2D eigenvalue weighted by Crippen LogP contribution is 2.66. The number of phenols is 2. The van der Waals surface area contributed by atoms with E-state index in [0.717, 1.165) is 75.7 Å². The van der Waals surface area contributed by atoms with Gasteiger partial charge in [-0.3, -0.25) is 14.4 Å². The number of benzene rings is 3. The van der Waals surface area contributed by atoms with Crippen molar-refractivity contribution >= 4 is 17.7 Å². The topological polar surface area (TPSA) is 168 Å². The lowest BCUT2D eigenvalue weighted by Crippen LogP contribution is -2.65. The molecule has 14 atom stereocenters. The highest BCUT2D eigenvalue weighted by atomic mass is 16.6. The zero-order chi connectivity index (χ0) is 47.6. The maximum absolute atomic E-state index is 12.5. The van der Waals surface area contributed by atoms with Gasteiger partial charge in [-0.2, -0.15) is 0 Å². The van der Waals surface area contributed by atoms with Crippen LogP contribution < -0.4 is 18.9 Å². The van der Waals surface area contributed by atoms with Gasteiger partial charge in [-0.1, -0.05) is 36.4 Å². The number of likely N-dealkylation sites (N-methyl/N-ethyl adjacent to an activating group) is 3. The average molecular weight is 940 g/mol. The normalized spacial score (nSPS) is 38.9. The highest BCUT2D eigenvalue weighted by molar-refractivity contribution is 5.89. The number of nitrogens with zero attached hydrogens (tertiary/aromatic N) is 3. The molecular weight excluding hydrogens is 879 g/mol. The van der Waals surface area contributed by atoms with Crippen molar-refractivity contribution in [2.24, 2.45) is 17.8 Å². The minimum atomic E-state index is -0.594. The van der Waals surface area contributed by atoms with Gasteiger partial charge in [0.15, 0.2) is 52.5 Å². The van der Waals surface area contributed by atoms with E-state index in [1.165, 1.54) is 36.1 Å². The first-order valence-electron chi connectivity index (χ1n) is 25.1. The number of aliphatic hydroxyl groups excluding tert-OH is 1. The summed E-state index contributed by atoms with van der Waals surface area (Å²) < 4.78 is 29.6. The fraction of sp³-hybridized carbons (Fsp3) is 0.545. The molecule has 6 aliphatic heterocycles. The molecule has 0 unspecified atom stereocenters. The predicted octanol–water partition coefficient (Wildman–Crippen LogP) is 4.82. The van der Waals surface area contributed by atoms with Crippen molar-refractivity contribution in [3.8, 4) is 34.5 Å². The molecule has 0 radical (unpaired) electrons. The van der Waals surface area contributed by atoms with Gasteiger partial charge in [0, 0.05) is 83.2 Å². The third-order valence-electron chi connectivity index (χ3n) is 19.2. The van der Waals surface area contributed by atoms with E-state index in [-0.39, 0.29) is 69.7 Å². The van der Waals surface area contributed by atoms with E-state index >= 15 is 0 Å². The Hall–Kier alpha value is -5.41. The van der Waals surface area contributed by atoms with Crippen LogP contribution in [0.3, 0.4) is 0 Å². The number of ketones is 1. The minimum absolute atomic E-state index is 0.160. The van der Waals surface area contributed by atoms with Gasteiger partial charge in [0.2, 0.25) is 0 Å². The Labute approximate surface area is 401 Å². The number of carbonyl (C=O) groups excluding carboxylic acids is 3. The van der Waals surface area contributed by atoms with Crippen molar-refractivity contribution in [3.05, 3.63) is 94.1 Å². The zero-order valence-electron chi connectivity index (χ0n) is 39.9. The van der Waals surface area contributed by atoms with Crippen molar-refractivity contribution in [1.29, 1.82) is 0 Å². The monoisotopic (exact) mass is 939 g/mol. The first kappa shape index (κ1) is 43.6. The third kappa shape index (κ3) is 5.71. The zero-order valence-corrected chi connectivity index (χ0v) is 39.9. The summed E-state index contributed by atoms with van der Waals surface area (Å²) in [7, 11) is 6.56. The van der Waals surface area contributed by atoms with Crippen molar-refractivity contribution in [2.45, 2.75) is 130 Å². The van der Waals surface area contributed by atoms with E-state index in [2.05, 4.69) is 54.1 Å². The quantitative estimate of drug-likeness (QED) is 0.182. The first-order chi connectivity index (χ1) is 33.2. The number of likely N-dealkylation sites (tertiary alicyclic amines) is 3. The Morgan fingerprint density at radius 2 is 1.16 bits per heavy atom. The summed E-state index contributed by atoms with van der Waals surface area (Å²) in [4.78, 5) is 43.1. The van der Waals surface area contributed by atoms with Gasteiger partial charge < -0.3 is 53.7 Å². The average Bonchev–Trinajstić information content (AvgIpc) is 3.99. The molecule has 3 N–H and O–H groups in total. The van der Waals surface area contributed by atoms with Crippen LogP contribution in [0, 0.1) is 17.8 Å². The van der Waals surface area contributed by atoms with Crippen LogP contribution in [0.15, 0.2) is 60.7 Å². The Kier molecular flexibility index (Phi) is 9.51. The fourth-order valence-corrected chi connectivity index (χ4v) is 16.5. The molecule has 0 amide bonds. The SMILES string of the molecule is CC(=O)Oc1ccc2c3c1O[C@H]1[C@@H](OC(C)=O)C=C[C@H]4[C@@H](C2)N(C)CC[C@@]341.CN1CC[C@]23c4c5ccc(O)c4O[C@H]2C(=O)CC[C@H]3[C@H]1C5.CN1CC[C@]23c4c5ccc(O)c4O[C@H]2[C@@H](O)C=C[C@H]3[C@H]1C5. The van der Waals surface area contributed by atoms with Crippen LogP contribution in [0.2, 0.25) is 0 Å². The second kappa shape index (κ2) is 15.1. The van der Waals surface area contributed by atoms with Gasteiger partial charge in [-0.15, -0.1) is 0 Å². The van der Waals surface area contributed by atoms with Crippen LogP contribution in [0.25, 0.3) is 0 Å². The van der Waals surface area contributed by atoms with Crippen LogP contribution in [0.5, 0.6) is 34.5 Å². The number of esters is 2. The molecular formula is C55H61N3O11. The molecule has 12 aliphatic rings. The molecule has 69 heavy (non-hydrogen) atoms. The summed E-state index contributed by atoms with van der Waals surface area (Å²) in [5.41, 5.74) is 6.70. The lowest BCUT2D eigenvalue weighted by molar-refractivity contribution is -0.152. The summed E-state index contributed by atoms with van der Waals surface area (Å²) in [5.74, 6) is 3.40. The molecule has 3 aromatic rings. The minimum Gasteiger partial charge on any atom is -0.504 e. The number of hydrogen-bond acceptors (Lipinski definition) is 14. The molecule has 3 saturated heterocycles. The number of Topliss-reactive ketones (excluding diaryl/α,β-unsaturated/α-hetero) is 1. The lowest BCUT2D eigenvalue weighted by Gasteiger charge is -2.57. The second-order valence-corrected chi connectivity index (χ2v) is 22.1. The smallest absolute Gasteiger partial charge is 0.308 e. The highest BCUT2D eigenvalue weighted by Gasteiger charge is 2.68. The number of carbonyl (C=O) groups is 3. The molecule has 1 saturated carbocycles. The van der Waals surface area contributed by atoms with Crippen LogP contribution >= 0.6 is 0 Å². The first-order valence-corrected chi connectivity index (χ1v) is 25.1. The fourth-order valence-electron chi connectivity index (χ4n) is 16.5. The Morgan fingerprint density at radius 1 is 0.638 bits per heavy atom. The van der Waals surface area contributed by atoms with Gasteiger partial charge in [0.1, 0.15) is 18.3 Å². The van der Waals surface area contributed by atoms with E-state index in [0.29, 0.717) is 59.4 Å². The van der Waals surface area contributed by atoms with Crippen LogP contribution in [0.1, 0.15) is 79.3 Å². The molecule has 15 rings (SSSR count). The van der Waals surface area contributed by atoms with Crippen molar-refractivity contribution < 1.29 is 53.4 Å². The van der Waals surface area contributed by atoms with Gasteiger partial charge in [-0.25, -0.2) is 0 Å². The van der Waals surface area contributed by atoms with E-state index in [4.69, 9.17) is 23.7 Å². The Morgan fingerprint density at radius 3 is 1.80 bits per heavy atom. The van der Waals surface area contributed by atoms with E-state index in [1.54, 1.807) is 12.1 Å². The summed E-state index contributed by atoms with van der Waals surface area (Å²) in [6.45, 7) is 5.79. The van der Waals surface area contributed by atoms with Crippen molar-refractivity contribution in [1.82, 2.24) is 14.7 Å². The van der Waals surface area contributed by atoms with Gasteiger partial charge in [-0.05, 0) is 133 Å². The molecule has 362 valence electrons. The number of phenolic OH excluding ortho intramolecular Hbond substituents is 2. The van der Waals surface area contributed by atoms with Crippen LogP contribution in [-0.4, -0.2) is 137 Å². The number of aromatic hydroxyl groups is 2. The largest absolute Gasteiger partial charge is 0.504 e. The molecule has 4 fully saturated rings. The number of rotatable bonds is 2. The van der Waals surface area contributed by atoms with Gasteiger partial charge in [0.25, 0.3) is 0 Å². The summed E-state index contributed by atoms with van der Waals surface area (Å²) in [5, 5.41) is 30.8. The van der Waals surface area contributed by atoms with E-state index in [9.17, 15) is 29.7 Å². The van der Waals surface area contributed by atoms with Crippen molar-refractivity contribution in [3.63, 3.8) is 0 Å². The van der Waals surface area contributed by atoms with Crippen molar-refractivity contribution in [2.75, 3.05) is 40.8 Å². The van der Waals surface area contributed by atoms with Gasteiger partial charge in [0.05, 0.1) is 0 Å². The molecule has 14 nitrogen and oxygen atoms in total. The predicted molar refractivity (Wildman–Crippen MR) is 251 cm³/mol. The maximum Gasteiger partial charge on any atom is 0.308 e. The van der Waals surface area contributed by atoms with E-state index < -0.39 is 12.2 Å². The Balaban J connectivity index is 0.000000103. The van der Waals surface area contributed by atoms with Crippen LogP contribution in [0.4, 0.5) is 0 Å². The molecule has 6 heterocycles. The molecule has 0 aromatic heterocycles. The summed E-state index contributed by atoms with van der Waals surface area (Å²) >= 11 is 0. The lowest BCUT2D eigenvalue weighted by atomic mass is 9.52. The molecule has 3 spiro atoms. The number of ether oxygens (including phenoxy) is 5. The Bertz CT molecular complexity index is 2800.